The van der Waals surface area contributed by atoms with Crippen LogP contribution in [-0.2, 0) is 37.1 Å². The fourth-order valence-corrected chi connectivity index (χ4v) is 6.25. The third kappa shape index (κ3) is 4.61. The maximum atomic E-state index is 13.1. The van der Waals surface area contributed by atoms with E-state index >= 15 is 0 Å². The highest BCUT2D eigenvalue weighted by molar-refractivity contribution is 8.08. The lowest BCUT2D eigenvalue weighted by molar-refractivity contribution is -0.135. The molecule has 4 aliphatic rings. The van der Waals surface area contributed by atoms with Gasteiger partial charge >= 0.3 is 0 Å². The summed E-state index contributed by atoms with van der Waals surface area (Å²) in [6.45, 7) is 0.0963. The molecule has 0 saturated heterocycles. The summed E-state index contributed by atoms with van der Waals surface area (Å²) in [7, 11) is -3.95. The monoisotopic (exact) mass is 491 g/mol. The Morgan fingerprint density at radius 3 is 2.52 bits per heavy atom. The number of anilines is 1. The number of hydrogen-bond acceptors (Lipinski definition) is 7. The Balaban J connectivity index is 1.38. The molecule has 3 aliphatic carbocycles. The lowest BCUT2D eigenvalue weighted by Crippen LogP contribution is -2.42. The highest BCUT2D eigenvalue weighted by Crippen LogP contribution is 2.41. The Labute approximate surface area is 195 Å². The van der Waals surface area contributed by atoms with Crippen LogP contribution in [0.5, 0.6) is 0 Å². The van der Waals surface area contributed by atoms with E-state index in [2.05, 4.69) is 10.6 Å². The van der Waals surface area contributed by atoms with Crippen LogP contribution in [0.3, 0.4) is 0 Å². The molecule has 33 heavy (non-hydrogen) atoms. The second kappa shape index (κ2) is 8.35. The molecule has 2 saturated carbocycles. The largest absolute Gasteiger partial charge is 0.352 e. The van der Waals surface area contributed by atoms with Crippen LogP contribution in [0.1, 0.15) is 52.9 Å². The highest BCUT2D eigenvalue weighted by Gasteiger charge is 2.38. The zero-order valence-electron chi connectivity index (χ0n) is 18.0. The molecule has 3 amide bonds. The van der Waals surface area contributed by atoms with E-state index in [1.165, 1.54) is 11.3 Å². The summed E-state index contributed by atoms with van der Waals surface area (Å²) in [5.41, 5.74) is 1.21. The average Bonchev–Trinajstić information content (AvgIpc) is 3.69. The summed E-state index contributed by atoms with van der Waals surface area (Å²) in [6.07, 6.45) is 6.46. The molecule has 2 fully saturated rings. The lowest BCUT2D eigenvalue weighted by Gasteiger charge is -2.28. The molecule has 0 bridgehead atoms. The Bertz CT molecular complexity index is 1180. The molecule has 1 aromatic heterocycles. The van der Waals surface area contributed by atoms with Crippen molar-refractivity contribution in [3.05, 3.63) is 27.6 Å². The molecule has 0 radical (unpaired) electrons. The van der Waals surface area contributed by atoms with E-state index < -0.39 is 27.4 Å². The zero-order chi connectivity index (χ0) is 23.3. The summed E-state index contributed by atoms with van der Waals surface area (Å²) in [4.78, 5) is 52.6. The second-order valence-corrected chi connectivity index (χ2v) is 12.2. The number of aryl methyl sites for hydroxylation is 1. The fraction of sp³-hybridized carbons (Fsp3) is 0.545. The topological polar surface area (TPSA) is 130 Å². The van der Waals surface area contributed by atoms with E-state index in [1.807, 2.05) is 0 Å². The molecule has 2 heterocycles. The standard InChI is InChI=1S/C22H25N3O6S2/c26-17-11-25(7-8-33(17,30)31)22(29)14-5-6-16-15(9-14)18(20(28)23-10-12-1-2-12)21(32-16)24-19(27)13-3-4-13/h7-8,12-14H,1-6,9-11H2,(H,23,28)(H,24,27). The highest BCUT2D eigenvalue weighted by atomic mass is 32.2. The van der Waals surface area contributed by atoms with Gasteiger partial charge in [0.25, 0.3) is 11.0 Å². The van der Waals surface area contributed by atoms with Crippen molar-refractivity contribution in [1.29, 1.82) is 0 Å². The minimum absolute atomic E-state index is 0.000495. The molecule has 0 aromatic carbocycles. The number of nitrogens with zero attached hydrogens (tertiary/aromatic N) is 1. The predicted molar refractivity (Wildman–Crippen MR) is 121 cm³/mol. The number of carbonyl (C=O) groups excluding carboxylic acids is 4. The third-order valence-electron chi connectivity index (χ3n) is 6.59. The van der Waals surface area contributed by atoms with Crippen molar-refractivity contribution in [3.8, 4) is 0 Å². The summed E-state index contributed by atoms with van der Waals surface area (Å²) < 4.78 is 23.2. The van der Waals surface area contributed by atoms with Crippen molar-refractivity contribution in [2.45, 2.75) is 44.9 Å². The molecule has 1 unspecified atom stereocenters. The maximum absolute atomic E-state index is 13.1. The van der Waals surface area contributed by atoms with Crippen molar-refractivity contribution in [2.24, 2.45) is 17.8 Å². The summed E-state index contributed by atoms with van der Waals surface area (Å²) in [5.74, 6) is -0.623. The predicted octanol–water partition coefficient (Wildman–Crippen LogP) is 1.60. The summed E-state index contributed by atoms with van der Waals surface area (Å²) in [6, 6.07) is 0. The van der Waals surface area contributed by atoms with E-state index in [0.29, 0.717) is 42.3 Å². The molecule has 9 nitrogen and oxygen atoms in total. The number of rotatable bonds is 6. The molecule has 176 valence electrons. The van der Waals surface area contributed by atoms with Gasteiger partial charge in [0, 0.05) is 29.5 Å². The first-order valence-corrected chi connectivity index (χ1v) is 13.6. The molecule has 5 rings (SSSR count). The Kier molecular flexibility index (Phi) is 5.64. The molecule has 1 atom stereocenters. The van der Waals surface area contributed by atoms with Gasteiger partial charge in [-0.1, -0.05) is 0 Å². The molecule has 1 aromatic rings. The van der Waals surface area contributed by atoms with Crippen molar-refractivity contribution >= 4 is 49.0 Å². The van der Waals surface area contributed by atoms with Gasteiger partial charge in [0.15, 0.2) is 0 Å². The zero-order valence-corrected chi connectivity index (χ0v) is 19.6. The van der Waals surface area contributed by atoms with Gasteiger partial charge in [-0.3, -0.25) is 19.2 Å². The van der Waals surface area contributed by atoms with Crippen molar-refractivity contribution in [2.75, 3.05) is 18.4 Å². The number of carbonyl (C=O) groups is 4. The van der Waals surface area contributed by atoms with E-state index in [1.54, 1.807) is 0 Å². The smallest absolute Gasteiger partial charge is 0.270 e. The molecule has 11 heteroatoms. The van der Waals surface area contributed by atoms with Gasteiger partial charge in [0.1, 0.15) is 5.00 Å². The molecular weight excluding hydrogens is 466 g/mol. The van der Waals surface area contributed by atoms with Crippen molar-refractivity contribution in [1.82, 2.24) is 10.2 Å². The van der Waals surface area contributed by atoms with Crippen LogP contribution >= 0.6 is 11.3 Å². The summed E-state index contributed by atoms with van der Waals surface area (Å²) >= 11 is 1.40. The van der Waals surface area contributed by atoms with Gasteiger partial charge in [-0.25, -0.2) is 8.42 Å². The van der Waals surface area contributed by atoms with Crippen molar-refractivity contribution < 1.29 is 27.6 Å². The first-order chi connectivity index (χ1) is 15.7. The average molecular weight is 492 g/mol. The minimum atomic E-state index is -3.95. The van der Waals surface area contributed by atoms with E-state index in [0.717, 1.165) is 52.6 Å². The van der Waals surface area contributed by atoms with Crippen LogP contribution in [0.25, 0.3) is 0 Å². The van der Waals surface area contributed by atoms with Gasteiger partial charge in [0.2, 0.25) is 21.7 Å². The van der Waals surface area contributed by atoms with Gasteiger partial charge in [-0.2, -0.15) is 0 Å². The number of sulfone groups is 1. The van der Waals surface area contributed by atoms with Crippen LogP contribution in [0.4, 0.5) is 5.00 Å². The van der Waals surface area contributed by atoms with Gasteiger partial charge in [-0.05, 0) is 56.4 Å². The van der Waals surface area contributed by atoms with E-state index in [-0.39, 0.29) is 23.6 Å². The van der Waals surface area contributed by atoms with E-state index in [9.17, 15) is 27.6 Å². The lowest BCUT2D eigenvalue weighted by atomic mass is 9.85. The quantitative estimate of drug-likeness (QED) is 0.622. The fourth-order valence-electron chi connectivity index (χ4n) is 4.23. The first kappa shape index (κ1) is 22.3. The number of hydrogen-bond donors (Lipinski definition) is 2. The first-order valence-electron chi connectivity index (χ1n) is 11.2. The number of thiophene rings is 1. The van der Waals surface area contributed by atoms with Crippen LogP contribution in [0, 0.1) is 17.8 Å². The third-order valence-corrected chi connectivity index (χ3v) is 9.04. The Hall–Kier alpha value is -2.53. The summed E-state index contributed by atoms with van der Waals surface area (Å²) in [5, 5.41) is 6.21. The molecule has 0 spiro atoms. The second-order valence-electron chi connectivity index (χ2n) is 9.23. The van der Waals surface area contributed by atoms with Crippen LogP contribution in [-0.4, -0.2) is 49.2 Å². The number of fused-ring (bicyclic) bond motifs is 1. The number of nitrogens with one attached hydrogen (secondary N) is 2. The van der Waals surface area contributed by atoms with Crippen LogP contribution in [0.2, 0.25) is 0 Å². The van der Waals surface area contributed by atoms with Crippen molar-refractivity contribution in [3.63, 3.8) is 0 Å². The Morgan fingerprint density at radius 1 is 1.09 bits per heavy atom. The van der Waals surface area contributed by atoms with Crippen LogP contribution < -0.4 is 10.6 Å². The number of amides is 3. The van der Waals surface area contributed by atoms with E-state index in [4.69, 9.17) is 0 Å². The SMILES string of the molecule is O=C(NCC1CC1)c1c(NC(=O)C2CC2)sc2c1CC(C(=O)N1C=CS(=O)(=O)C(=O)C1)CC2. The minimum Gasteiger partial charge on any atom is -0.352 e. The molecular formula is C22H25N3O6S2. The Morgan fingerprint density at radius 2 is 1.85 bits per heavy atom. The van der Waals surface area contributed by atoms with Crippen LogP contribution in [0.15, 0.2) is 11.6 Å². The molecule has 2 N–H and O–H groups in total. The molecule has 1 aliphatic heterocycles. The normalized spacial score (nSPS) is 23.7. The maximum Gasteiger partial charge on any atom is 0.270 e. The van der Waals surface area contributed by atoms with Gasteiger partial charge < -0.3 is 15.5 Å². The van der Waals surface area contributed by atoms with Gasteiger partial charge in [-0.15, -0.1) is 11.3 Å². The van der Waals surface area contributed by atoms with Gasteiger partial charge in [0.05, 0.1) is 17.5 Å².